The Balaban J connectivity index is 2.16. The molecule has 0 aliphatic heterocycles. The lowest BCUT2D eigenvalue weighted by Crippen LogP contribution is -2.18. The summed E-state index contributed by atoms with van der Waals surface area (Å²) in [6.45, 7) is 1.06. The molecular weight excluding hydrogens is 274 g/mol. The van der Waals surface area contributed by atoms with Gasteiger partial charge >= 0.3 is 0 Å². The predicted octanol–water partition coefficient (Wildman–Crippen LogP) is 2.84. The molecule has 20 heavy (non-hydrogen) atoms. The van der Waals surface area contributed by atoms with Gasteiger partial charge in [-0.3, -0.25) is 0 Å². The first-order valence-corrected chi connectivity index (χ1v) is 6.71. The number of nitrogens with zero attached hydrogens (tertiary/aromatic N) is 2. The van der Waals surface area contributed by atoms with Crippen LogP contribution in [0.4, 0.5) is 5.82 Å². The molecule has 0 spiro atoms. The van der Waals surface area contributed by atoms with Crippen molar-refractivity contribution in [2.45, 2.75) is 13.1 Å². The predicted molar refractivity (Wildman–Crippen MR) is 82.2 cm³/mol. The van der Waals surface area contributed by atoms with E-state index < -0.39 is 0 Å². The van der Waals surface area contributed by atoms with Gasteiger partial charge in [0.25, 0.3) is 0 Å². The highest BCUT2D eigenvalue weighted by Gasteiger charge is 2.07. The van der Waals surface area contributed by atoms with Gasteiger partial charge in [0.2, 0.25) is 0 Å². The molecule has 1 aromatic carbocycles. The summed E-state index contributed by atoms with van der Waals surface area (Å²) >= 11 is 6.02. The van der Waals surface area contributed by atoms with Gasteiger partial charge in [-0.1, -0.05) is 23.7 Å². The van der Waals surface area contributed by atoms with Gasteiger partial charge in [0, 0.05) is 20.1 Å². The van der Waals surface area contributed by atoms with Gasteiger partial charge in [-0.05, 0) is 29.8 Å². The molecule has 4 nitrogen and oxygen atoms in total. The third-order valence-corrected chi connectivity index (χ3v) is 3.39. The van der Waals surface area contributed by atoms with Gasteiger partial charge in [0.05, 0.1) is 17.8 Å². The van der Waals surface area contributed by atoms with Crippen LogP contribution >= 0.6 is 11.6 Å². The van der Waals surface area contributed by atoms with Crippen LogP contribution in [0.25, 0.3) is 0 Å². The van der Waals surface area contributed by atoms with Gasteiger partial charge in [-0.15, -0.1) is 0 Å². The zero-order valence-corrected chi connectivity index (χ0v) is 12.4. The van der Waals surface area contributed by atoms with E-state index in [1.165, 1.54) is 0 Å². The Bertz CT molecular complexity index is 589. The Morgan fingerprint density at radius 2 is 2.10 bits per heavy atom. The molecule has 0 fully saturated rings. The summed E-state index contributed by atoms with van der Waals surface area (Å²) in [5, 5.41) is 0.603. The molecule has 2 N–H and O–H groups in total. The largest absolute Gasteiger partial charge is 0.497 e. The van der Waals surface area contributed by atoms with Crippen LogP contribution in [-0.2, 0) is 13.1 Å². The Kier molecular flexibility index (Phi) is 4.82. The SMILES string of the molecule is COc1cccc(CN(C)c2ccc(Cl)c(CN)n2)c1. The van der Waals surface area contributed by atoms with Crippen molar-refractivity contribution in [2.75, 3.05) is 19.1 Å². The van der Waals surface area contributed by atoms with Gasteiger partial charge in [-0.25, -0.2) is 4.98 Å². The number of rotatable bonds is 5. The highest BCUT2D eigenvalue weighted by Crippen LogP contribution is 2.20. The fourth-order valence-electron chi connectivity index (χ4n) is 1.95. The first kappa shape index (κ1) is 14.6. The number of hydrogen-bond donors (Lipinski definition) is 1. The fraction of sp³-hybridized carbons (Fsp3) is 0.267. The van der Waals surface area contributed by atoms with Gasteiger partial charge in [0.15, 0.2) is 0 Å². The molecule has 1 aromatic heterocycles. The van der Waals surface area contributed by atoms with Crippen LogP contribution < -0.4 is 15.4 Å². The second-order valence-corrected chi connectivity index (χ2v) is 4.92. The summed E-state index contributed by atoms with van der Waals surface area (Å²) < 4.78 is 5.23. The number of pyridine rings is 1. The van der Waals surface area contributed by atoms with Crippen molar-refractivity contribution in [2.24, 2.45) is 5.73 Å². The monoisotopic (exact) mass is 291 g/mol. The Labute approximate surface area is 124 Å². The minimum Gasteiger partial charge on any atom is -0.497 e. The van der Waals surface area contributed by atoms with E-state index in [0.717, 1.165) is 23.7 Å². The molecule has 5 heteroatoms. The van der Waals surface area contributed by atoms with Crippen molar-refractivity contribution in [3.8, 4) is 5.75 Å². The molecule has 0 radical (unpaired) electrons. The summed E-state index contributed by atoms with van der Waals surface area (Å²) in [6.07, 6.45) is 0. The van der Waals surface area contributed by atoms with Crippen LogP contribution in [0.1, 0.15) is 11.3 Å². The summed E-state index contributed by atoms with van der Waals surface area (Å²) in [7, 11) is 3.65. The summed E-state index contributed by atoms with van der Waals surface area (Å²) in [5.74, 6) is 1.69. The van der Waals surface area contributed by atoms with E-state index in [9.17, 15) is 0 Å². The molecule has 0 aliphatic rings. The normalized spacial score (nSPS) is 10.4. The molecule has 2 aromatic rings. The van der Waals surface area contributed by atoms with Crippen molar-refractivity contribution >= 4 is 17.4 Å². The maximum atomic E-state index is 6.02. The van der Waals surface area contributed by atoms with E-state index in [1.807, 2.05) is 42.3 Å². The van der Waals surface area contributed by atoms with Crippen LogP contribution in [0.3, 0.4) is 0 Å². The highest BCUT2D eigenvalue weighted by molar-refractivity contribution is 6.31. The van der Waals surface area contributed by atoms with Crippen LogP contribution in [0.5, 0.6) is 5.75 Å². The Morgan fingerprint density at radius 3 is 2.80 bits per heavy atom. The standard InChI is InChI=1S/C15H18ClN3O/c1-19(10-11-4-3-5-12(8-11)20-2)15-7-6-13(16)14(9-17)18-15/h3-8H,9-10,17H2,1-2H3. The number of aromatic nitrogens is 1. The molecular formula is C15H18ClN3O. The number of benzene rings is 1. The molecule has 0 saturated heterocycles. The maximum absolute atomic E-state index is 6.02. The number of anilines is 1. The van der Waals surface area contributed by atoms with Crippen molar-refractivity contribution in [3.63, 3.8) is 0 Å². The van der Waals surface area contributed by atoms with E-state index in [2.05, 4.69) is 11.1 Å². The third kappa shape index (κ3) is 3.40. The van der Waals surface area contributed by atoms with Crippen LogP contribution in [0.2, 0.25) is 5.02 Å². The molecule has 0 amide bonds. The topological polar surface area (TPSA) is 51.4 Å². The smallest absolute Gasteiger partial charge is 0.129 e. The molecule has 0 bridgehead atoms. The lowest BCUT2D eigenvalue weighted by atomic mass is 10.2. The van der Waals surface area contributed by atoms with Crippen LogP contribution in [-0.4, -0.2) is 19.1 Å². The van der Waals surface area contributed by atoms with Crippen LogP contribution in [0, 0.1) is 0 Å². The second kappa shape index (κ2) is 6.59. The Morgan fingerprint density at radius 1 is 1.30 bits per heavy atom. The Hall–Kier alpha value is -1.78. The van der Waals surface area contributed by atoms with E-state index in [-0.39, 0.29) is 0 Å². The third-order valence-electron chi connectivity index (χ3n) is 3.04. The molecule has 0 atom stereocenters. The lowest BCUT2D eigenvalue weighted by molar-refractivity contribution is 0.414. The molecule has 0 saturated carbocycles. The van der Waals surface area contributed by atoms with Crippen molar-refractivity contribution in [1.29, 1.82) is 0 Å². The molecule has 0 aliphatic carbocycles. The summed E-state index contributed by atoms with van der Waals surface area (Å²) in [5.41, 5.74) is 7.49. The number of halogens is 1. The summed E-state index contributed by atoms with van der Waals surface area (Å²) in [4.78, 5) is 6.51. The number of nitrogens with two attached hydrogens (primary N) is 1. The number of methoxy groups -OCH3 is 1. The zero-order valence-electron chi connectivity index (χ0n) is 11.6. The lowest BCUT2D eigenvalue weighted by Gasteiger charge is -2.19. The molecule has 0 unspecified atom stereocenters. The van der Waals surface area contributed by atoms with E-state index in [0.29, 0.717) is 17.3 Å². The average molecular weight is 292 g/mol. The summed E-state index contributed by atoms with van der Waals surface area (Å²) in [6, 6.07) is 11.7. The van der Waals surface area contributed by atoms with Crippen molar-refractivity contribution < 1.29 is 4.74 Å². The van der Waals surface area contributed by atoms with Gasteiger partial charge in [0.1, 0.15) is 11.6 Å². The first-order valence-electron chi connectivity index (χ1n) is 6.33. The second-order valence-electron chi connectivity index (χ2n) is 4.51. The minimum absolute atomic E-state index is 0.333. The molecule has 1 heterocycles. The van der Waals surface area contributed by atoms with Crippen molar-refractivity contribution in [3.05, 3.63) is 52.7 Å². The van der Waals surface area contributed by atoms with E-state index >= 15 is 0 Å². The maximum Gasteiger partial charge on any atom is 0.129 e. The zero-order chi connectivity index (χ0) is 14.5. The molecule has 2 rings (SSSR count). The highest BCUT2D eigenvalue weighted by atomic mass is 35.5. The van der Waals surface area contributed by atoms with Gasteiger partial charge < -0.3 is 15.4 Å². The first-order chi connectivity index (χ1) is 9.63. The van der Waals surface area contributed by atoms with Crippen LogP contribution in [0.15, 0.2) is 36.4 Å². The fourth-order valence-corrected chi connectivity index (χ4v) is 2.14. The van der Waals surface area contributed by atoms with E-state index in [1.54, 1.807) is 7.11 Å². The van der Waals surface area contributed by atoms with E-state index in [4.69, 9.17) is 22.1 Å². The number of ether oxygens (including phenoxy) is 1. The van der Waals surface area contributed by atoms with Crippen molar-refractivity contribution in [1.82, 2.24) is 4.98 Å². The quantitative estimate of drug-likeness (QED) is 0.920. The minimum atomic E-state index is 0.333. The van der Waals surface area contributed by atoms with Gasteiger partial charge in [-0.2, -0.15) is 0 Å². The molecule has 106 valence electrons. The average Bonchev–Trinajstić information content (AvgIpc) is 2.47. The number of hydrogen-bond acceptors (Lipinski definition) is 4.